The van der Waals surface area contributed by atoms with Gasteiger partial charge in [-0.05, 0) is 19.8 Å². The van der Waals surface area contributed by atoms with Crippen LogP contribution in [-0.4, -0.2) is 48.9 Å². The Balaban J connectivity index is 2.27. The number of amides is 1. The minimum Gasteiger partial charge on any atom is -0.480 e. The fraction of sp³-hybridized carbons (Fsp3) is 0.833. The standard InChI is InChI=1S/C12H21NO5/c1-2-17-7-8-18-9-10(14)13-12(11(15)16)5-3-4-6-12/h2-9H2,1H3,(H,13,14)(H,15,16). The van der Waals surface area contributed by atoms with E-state index in [4.69, 9.17) is 9.47 Å². The smallest absolute Gasteiger partial charge is 0.329 e. The molecule has 1 aliphatic rings. The van der Waals surface area contributed by atoms with Crippen LogP contribution in [0.25, 0.3) is 0 Å². The molecule has 0 radical (unpaired) electrons. The number of carbonyl (C=O) groups excluding carboxylic acids is 1. The Morgan fingerprint density at radius 2 is 1.83 bits per heavy atom. The number of carboxylic acids is 1. The van der Waals surface area contributed by atoms with Crippen LogP contribution < -0.4 is 5.32 Å². The third-order valence-corrected chi connectivity index (χ3v) is 3.05. The molecule has 18 heavy (non-hydrogen) atoms. The molecule has 1 saturated carbocycles. The Labute approximate surface area is 107 Å². The summed E-state index contributed by atoms with van der Waals surface area (Å²) in [5.41, 5.74) is -1.08. The van der Waals surface area contributed by atoms with Crippen LogP contribution >= 0.6 is 0 Å². The van der Waals surface area contributed by atoms with Gasteiger partial charge >= 0.3 is 5.97 Å². The van der Waals surface area contributed by atoms with Crippen molar-refractivity contribution in [1.82, 2.24) is 5.32 Å². The summed E-state index contributed by atoms with van der Waals surface area (Å²) >= 11 is 0. The lowest BCUT2D eigenvalue weighted by molar-refractivity contribution is -0.148. The van der Waals surface area contributed by atoms with Crippen LogP contribution in [0.3, 0.4) is 0 Å². The highest BCUT2D eigenvalue weighted by Gasteiger charge is 2.42. The zero-order valence-electron chi connectivity index (χ0n) is 10.7. The Morgan fingerprint density at radius 3 is 2.39 bits per heavy atom. The largest absolute Gasteiger partial charge is 0.480 e. The lowest BCUT2D eigenvalue weighted by atomic mass is 9.98. The van der Waals surface area contributed by atoms with Gasteiger partial charge in [-0.25, -0.2) is 4.79 Å². The van der Waals surface area contributed by atoms with Gasteiger partial charge in [0.05, 0.1) is 13.2 Å². The van der Waals surface area contributed by atoms with Crippen molar-refractivity contribution in [2.24, 2.45) is 0 Å². The van der Waals surface area contributed by atoms with Gasteiger partial charge in [-0.3, -0.25) is 4.79 Å². The molecule has 0 spiro atoms. The number of nitrogens with one attached hydrogen (secondary N) is 1. The monoisotopic (exact) mass is 259 g/mol. The number of carbonyl (C=O) groups is 2. The molecule has 0 aromatic rings. The maximum absolute atomic E-state index is 11.6. The number of hydrogen-bond acceptors (Lipinski definition) is 4. The number of hydrogen-bond donors (Lipinski definition) is 2. The maximum atomic E-state index is 11.6. The van der Waals surface area contributed by atoms with Crippen LogP contribution in [0, 0.1) is 0 Å². The van der Waals surface area contributed by atoms with E-state index < -0.39 is 11.5 Å². The van der Waals surface area contributed by atoms with Crippen LogP contribution in [0.2, 0.25) is 0 Å². The van der Waals surface area contributed by atoms with Gasteiger partial charge in [0, 0.05) is 6.61 Å². The summed E-state index contributed by atoms with van der Waals surface area (Å²) in [7, 11) is 0. The fourth-order valence-electron chi connectivity index (χ4n) is 2.10. The minimum absolute atomic E-state index is 0.123. The quantitative estimate of drug-likeness (QED) is 0.622. The molecule has 0 saturated heterocycles. The van der Waals surface area contributed by atoms with Crippen molar-refractivity contribution in [3.63, 3.8) is 0 Å². The number of rotatable bonds is 8. The van der Waals surface area contributed by atoms with E-state index in [-0.39, 0.29) is 12.5 Å². The Bertz CT molecular complexity index is 286. The van der Waals surface area contributed by atoms with Crippen molar-refractivity contribution < 1.29 is 24.2 Å². The number of aliphatic carboxylic acids is 1. The highest BCUT2D eigenvalue weighted by molar-refractivity contribution is 5.87. The molecular weight excluding hydrogens is 238 g/mol. The summed E-state index contributed by atoms with van der Waals surface area (Å²) in [6.45, 7) is 3.14. The highest BCUT2D eigenvalue weighted by atomic mass is 16.5. The van der Waals surface area contributed by atoms with Gasteiger partial charge in [0.15, 0.2) is 0 Å². The van der Waals surface area contributed by atoms with Crippen molar-refractivity contribution in [2.75, 3.05) is 26.4 Å². The first-order chi connectivity index (χ1) is 8.60. The summed E-state index contributed by atoms with van der Waals surface area (Å²) in [4.78, 5) is 22.8. The molecule has 2 N–H and O–H groups in total. The molecule has 0 atom stereocenters. The minimum atomic E-state index is -1.08. The molecule has 1 rings (SSSR count). The average Bonchev–Trinajstić information content (AvgIpc) is 2.78. The second-order valence-corrected chi connectivity index (χ2v) is 4.39. The Morgan fingerprint density at radius 1 is 1.22 bits per heavy atom. The second-order valence-electron chi connectivity index (χ2n) is 4.39. The topological polar surface area (TPSA) is 84.9 Å². The fourth-order valence-corrected chi connectivity index (χ4v) is 2.10. The van der Waals surface area contributed by atoms with Crippen LogP contribution in [0.1, 0.15) is 32.6 Å². The molecule has 0 aromatic carbocycles. The van der Waals surface area contributed by atoms with E-state index in [9.17, 15) is 14.7 Å². The predicted molar refractivity (Wildman–Crippen MR) is 64.3 cm³/mol. The SMILES string of the molecule is CCOCCOCC(=O)NC1(C(=O)O)CCCC1. The van der Waals surface area contributed by atoms with Crippen LogP contribution in [-0.2, 0) is 19.1 Å². The first-order valence-electron chi connectivity index (χ1n) is 6.30. The molecule has 1 aliphatic carbocycles. The molecule has 1 amide bonds. The van der Waals surface area contributed by atoms with Crippen molar-refractivity contribution in [3.05, 3.63) is 0 Å². The van der Waals surface area contributed by atoms with E-state index in [1.165, 1.54) is 0 Å². The molecule has 0 aromatic heterocycles. The van der Waals surface area contributed by atoms with E-state index in [0.717, 1.165) is 12.8 Å². The number of ether oxygens (including phenoxy) is 2. The lowest BCUT2D eigenvalue weighted by Gasteiger charge is -2.25. The summed E-state index contributed by atoms with van der Waals surface area (Å²) in [5.74, 6) is -1.33. The summed E-state index contributed by atoms with van der Waals surface area (Å²) in [5, 5.41) is 11.8. The van der Waals surface area contributed by atoms with E-state index in [0.29, 0.717) is 32.7 Å². The Hall–Kier alpha value is -1.14. The zero-order valence-corrected chi connectivity index (χ0v) is 10.7. The molecule has 1 fully saturated rings. The first kappa shape index (κ1) is 14.9. The molecule has 6 heteroatoms. The van der Waals surface area contributed by atoms with Crippen molar-refractivity contribution in [1.29, 1.82) is 0 Å². The predicted octanol–water partition coefficient (Wildman–Crippen LogP) is 0.553. The molecular formula is C12H21NO5. The van der Waals surface area contributed by atoms with Crippen LogP contribution in [0.4, 0.5) is 0 Å². The highest BCUT2D eigenvalue weighted by Crippen LogP contribution is 2.29. The maximum Gasteiger partial charge on any atom is 0.329 e. The average molecular weight is 259 g/mol. The van der Waals surface area contributed by atoms with Crippen molar-refractivity contribution in [2.45, 2.75) is 38.1 Å². The van der Waals surface area contributed by atoms with Gasteiger partial charge < -0.3 is 19.9 Å². The second kappa shape index (κ2) is 7.33. The normalized spacial score (nSPS) is 17.6. The third kappa shape index (κ3) is 4.27. The van der Waals surface area contributed by atoms with E-state index >= 15 is 0 Å². The summed E-state index contributed by atoms with van der Waals surface area (Å²) in [6, 6.07) is 0. The summed E-state index contributed by atoms with van der Waals surface area (Å²) < 4.78 is 10.2. The first-order valence-corrected chi connectivity index (χ1v) is 6.30. The zero-order chi connectivity index (χ0) is 13.4. The van der Waals surface area contributed by atoms with E-state index in [2.05, 4.69) is 5.32 Å². The summed E-state index contributed by atoms with van der Waals surface area (Å²) in [6.07, 6.45) is 2.65. The van der Waals surface area contributed by atoms with E-state index in [1.807, 2.05) is 6.92 Å². The third-order valence-electron chi connectivity index (χ3n) is 3.05. The molecule has 0 unspecified atom stereocenters. The van der Waals surface area contributed by atoms with Crippen LogP contribution in [0.5, 0.6) is 0 Å². The molecule has 6 nitrogen and oxygen atoms in total. The molecule has 0 aliphatic heterocycles. The van der Waals surface area contributed by atoms with Gasteiger partial charge in [-0.15, -0.1) is 0 Å². The van der Waals surface area contributed by atoms with Crippen molar-refractivity contribution in [3.8, 4) is 0 Å². The molecule has 104 valence electrons. The molecule has 0 bridgehead atoms. The van der Waals surface area contributed by atoms with Gasteiger partial charge in [0.2, 0.25) is 5.91 Å². The van der Waals surface area contributed by atoms with Crippen molar-refractivity contribution >= 4 is 11.9 Å². The van der Waals surface area contributed by atoms with Gasteiger partial charge in [0.1, 0.15) is 12.1 Å². The van der Waals surface area contributed by atoms with E-state index in [1.54, 1.807) is 0 Å². The lowest BCUT2D eigenvalue weighted by Crippen LogP contribution is -2.53. The number of carboxylic acid groups (broad SMARTS) is 1. The van der Waals surface area contributed by atoms with Gasteiger partial charge in [0.25, 0.3) is 0 Å². The van der Waals surface area contributed by atoms with Crippen LogP contribution in [0.15, 0.2) is 0 Å². The Kier molecular flexibility index (Phi) is 6.07. The molecule has 0 heterocycles. The van der Waals surface area contributed by atoms with Gasteiger partial charge in [-0.2, -0.15) is 0 Å². The van der Waals surface area contributed by atoms with Gasteiger partial charge in [-0.1, -0.05) is 12.8 Å².